The fourth-order valence-electron chi connectivity index (χ4n) is 4.47. The minimum absolute atomic E-state index is 0.139. The lowest BCUT2D eigenvalue weighted by molar-refractivity contribution is 0.105. The van der Waals surface area contributed by atoms with Crippen LogP contribution in [0.3, 0.4) is 0 Å². The monoisotopic (exact) mass is 536 g/mol. The molecule has 0 atom stereocenters. The second-order valence-corrected chi connectivity index (χ2v) is 11.2. The van der Waals surface area contributed by atoms with Crippen LogP contribution in [0.25, 0.3) is 44.3 Å². The number of nitrogens with zero attached hydrogens (tertiary/aromatic N) is 4. The maximum Gasteiger partial charge on any atom is 0.434 e. The first-order chi connectivity index (χ1) is 17.4. The molecule has 0 aliphatic rings. The molecule has 9 heteroatoms. The molecule has 0 spiro atoms. The minimum Gasteiger partial charge on any atom is -0.447 e. The van der Waals surface area contributed by atoms with Gasteiger partial charge in [-0.25, -0.2) is 4.79 Å². The fraction of sp³-hybridized carbons (Fsp3) is 0.250. The van der Waals surface area contributed by atoms with Crippen molar-refractivity contribution in [3.63, 3.8) is 0 Å². The fourth-order valence-corrected chi connectivity index (χ4v) is 4.98. The number of carbonyl (C=O) groups is 1. The van der Waals surface area contributed by atoms with E-state index in [-0.39, 0.29) is 11.0 Å². The number of fused-ring (bicyclic) bond motifs is 3. The van der Waals surface area contributed by atoms with E-state index in [1.54, 1.807) is 42.1 Å². The van der Waals surface area contributed by atoms with Gasteiger partial charge in [0.1, 0.15) is 5.65 Å². The first-order valence-corrected chi connectivity index (χ1v) is 12.5. The number of hydrogen-bond donors (Lipinski definition) is 0. The topological polar surface area (TPSA) is 71.1 Å². The molecular formula is C28H26Cl2N4O3. The molecule has 2 aromatic carbocycles. The predicted octanol–water partition coefficient (Wildman–Crippen LogP) is 6.90. The molecule has 3 heterocycles. The smallest absolute Gasteiger partial charge is 0.434 e. The van der Waals surface area contributed by atoms with Crippen LogP contribution in [0.1, 0.15) is 20.8 Å². The Morgan fingerprint density at radius 1 is 0.946 bits per heavy atom. The Hall–Kier alpha value is -3.55. The quantitative estimate of drug-likeness (QED) is 0.251. The first kappa shape index (κ1) is 25.1. The van der Waals surface area contributed by atoms with Crippen LogP contribution in [0.2, 0.25) is 10.0 Å². The highest BCUT2D eigenvalue weighted by atomic mass is 35.5. The lowest BCUT2D eigenvalue weighted by atomic mass is 9.99. The summed E-state index contributed by atoms with van der Waals surface area (Å²) in [6, 6.07) is 14.7. The van der Waals surface area contributed by atoms with Gasteiger partial charge in [-0.05, 0) is 41.8 Å². The van der Waals surface area contributed by atoms with E-state index in [9.17, 15) is 9.59 Å². The van der Waals surface area contributed by atoms with Gasteiger partial charge in [-0.15, -0.1) is 0 Å². The molecular weight excluding hydrogens is 511 g/mol. The number of carbonyl (C=O) groups excluding carboxylic acids is 1. The third kappa shape index (κ3) is 4.54. The molecule has 0 N–H and O–H groups in total. The number of aromatic nitrogens is 4. The van der Waals surface area contributed by atoms with E-state index in [1.807, 2.05) is 56.7 Å². The van der Waals surface area contributed by atoms with Crippen LogP contribution in [0.15, 0.2) is 59.5 Å². The summed E-state index contributed by atoms with van der Waals surface area (Å²) in [7, 11) is 3.68. The molecule has 0 amide bonds. The van der Waals surface area contributed by atoms with E-state index < -0.39 is 6.09 Å². The summed E-state index contributed by atoms with van der Waals surface area (Å²) in [6.07, 6.45) is 1.07. The highest BCUT2D eigenvalue weighted by molar-refractivity contribution is 6.36. The lowest BCUT2D eigenvalue weighted by Gasteiger charge is -2.17. The van der Waals surface area contributed by atoms with Crippen molar-refractivity contribution in [1.82, 2.24) is 18.9 Å². The second kappa shape index (κ2) is 9.08. The summed E-state index contributed by atoms with van der Waals surface area (Å²) in [6.45, 7) is 6.28. The van der Waals surface area contributed by atoms with E-state index in [2.05, 4.69) is 5.10 Å². The van der Waals surface area contributed by atoms with Gasteiger partial charge in [0.05, 0.1) is 22.8 Å². The van der Waals surface area contributed by atoms with Crippen molar-refractivity contribution in [1.29, 1.82) is 0 Å². The van der Waals surface area contributed by atoms with Gasteiger partial charge in [0.25, 0.3) is 5.56 Å². The van der Waals surface area contributed by atoms with Gasteiger partial charge in [-0.2, -0.15) is 9.78 Å². The lowest BCUT2D eigenvalue weighted by Crippen LogP contribution is -2.22. The van der Waals surface area contributed by atoms with E-state index in [0.29, 0.717) is 33.5 Å². The average molecular weight is 537 g/mol. The van der Waals surface area contributed by atoms with Crippen LogP contribution in [0.5, 0.6) is 0 Å². The highest BCUT2D eigenvalue weighted by Gasteiger charge is 2.19. The molecule has 5 aromatic rings. The summed E-state index contributed by atoms with van der Waals surface area (Å²) in [5.74, 6) is 0. The summed E-state index contributed by atoms with van der Waals surface area (Å²) in [5.41, 5.74) is 4.02. The molecule has 0 bridgehead atoms. The third-order valence-electron chi connectivity index (χ3n) is 6.27. The molecule has 0 radical (unpaired) electrons. The van der Waals surface area contributed by atoms with Gasteiger partial charge >= 0.3 is 6.09 Å². The summed E-state index contributed by atoms with van der Waals surface area (Å²) < 4.78 is 10.2. The van der Waals surface area contributed by atoms with E-state index >= 15 is 0 Å². The molecule has 0 fully saturated rings. The maximum absolute atomic E-state index is 13.3. The van der Waals surface area contributed by atoms with Crippen molar-refractivity contribution >= 4 is 51.2 Å². The standard InChI is InChI=1S/C28H26Cl2N4O3/c1-28(2,3)15-37-27(36)34-11-10-23(31-34)16-6-9-24-19(12-16)20-14-21(18-8-7-17(29)13-22(18)30)26(35)33(5)25(20)32(24)4/h6-14H,15H2,1-5H3. The van der Waals surface area contributed by atoms with Crippen molar-refractivity contribution in [2.75, 3.05) is 6.61 Å². The van der Waals surface area contributed by atoms with Crippen LogP contribution in [-0.2, 0) is 18.8 Å². The minimum atomic E-state index is -0.521. The van der Waals surface area contributed by atoms with Crippen molar-refractivity contribution in [3.05, 3.63) is 75.1 Å². The zero-order chi connectivity index (χ0) is 26.6. The number of rotatable bonds is 3. The average Bonchev–Trinajstić information content (AvgIpc) is 3.43. The molecule has 190 valence electrons. The number of halogens is 2. The molecule has 0 aliphatic carbocycles. The molecule has 0 saturated carbocycles. The van der Waals surface area contributed by atoms with Crippen LogP contribution in [0.4, 0.5) is 4.79 Å². The maximum atomic E-state index is 13.3. The number of hydrogen-bond acceptors (Lipinski definition) is 4. The Balaban J connectivity index is 1.63. The molecule has 5 rings (SSSR count). The largest absolute Gasteiger partial charge is 0.447 e. The summed E-state index contributed by atoms with van der Waals surface area (Å²) in [4.78, 5) is 25.8. The van der Waals surface area contributed by atoms with Gasteiger partial charge in [0.15, 0.2) is 0 Å². The number of pyridine rings is 1. The van der Waals surface area contributed by atoms with Crippen LogP contribution < -0.4 is 5.56 Å². The molecule has 37 heavy (non-hydrogen) atoms. The predicted molar refractivity (Wildman–Crippen MR) is 149 cm³/mol. The number of aryl methyl sites for hydroxylation is 2. The van der Waals surface area contributed by atoms with E-state index in [0.717, 1.165) is 27.5 Å². The van der Waals surface area contributed by atoms with Gasteiger partial charge in [-0.3, -0.25) is 9.36 Å². The van der Waals surface area contributed by atoms with Crippen LogP contribution in [-0.4, -0.2) is 31.6 Å². The zero-order valence-corrected chi connectivity index (χ0v) is 22.7. The van der Waals surface area contributed by atoms with Gasteiger partial charge in [-0.1, -0.05) is 56.1 Å². The molecule has 0 unspecified atom stereocenters. The summed E-state index contributed by atoms with van der Waals surface area (Å²) in [5, 5.41) is 7.20. The van der Waals surface area contributed by atoms with Crippen LogP contribution >= 0.6 is 23.2 Å². The Bertz CT molecular complexity index is 1760. The van der Waals surface area contributed by atoms with E-state index in [1.165, 1.54) is 4.68 Å². The van der Waals surface area contributed by atoms with Gasteiger partial charge in [0.2, 0.25) is 0 Å². The Morgan fingerprint density at radius 3 is 2.41 bits per heavy atom. The Kier molecular flexibility index (Phi) is 6.16. The second-order valence-electron chi connectivity index (χ2n) is 10.3. The number of ether oxygens (including phenoxy) is 1. The zero-order valence-electron chi connectivity index (χ0n) is 21.2. The van der Waals surface area contributed by atoms with Crippen LogP contribution in [0, 0.1) is 5.41 Å². The van der Waals surface area contributed by atoms with Crippen molar-refractivity contribution in [2.24, 2.45) is 19.5 Å². The number of benzene rings is 2. The van der Waals surface area contributed by atoms with E-state index in [4.69, 9.17) is 27.9 Å². The summed E-state index contributed by atoms with van der Waals surface area (Å²) >= 11 is 12.5. The van der Waals surface area contributed by atoms with Crippen molar-refractivity contribution in [3.8, 4) is 22.4 Å². The molecule has 0 aliphatic heterocycles. The van der Waals surface area contributed by atoms with Gasteiger partial charge in [0, 0.05) is 52.8 Å². The van der Waals surface area contributed by atoms with Crippen molar-refractivity contribution < 1.29 is 9.53 Å². The molecule has 0 saturated heterocycles. The Morgan fingerprint density at radius 2 is 1.70 bits per heavy atom. The molecule has 3 aromatic heterocycles. The van der Waals surface area contributed by atoms with Crippen molar-refractivity contribution in [2.45, 2.75) is 20.8 Å². The molecule has 7 nitrogen and oxygen atoms in total. The third-order valence-corrected chi connectivity index (χ3v) is 6.82. The normalized spacial score (nSPS) is 12.0. The Labute approximate surface area is 223 Å². The first-order valence-electron chi connectivity index (χ1n) is 11.8. The highest BCUT2D eigenvalue weighted by Crippen LogP contribution is 2.35. The van der Waals surface area contributed by atoms with Gasteiger partial charge < -0.3 is 9.30 Å². The SMILES string of the molecule is Cn1c(=O)c(-c2ccc(Cl)cc2Cl)cc2c3cc(-c4ccn(C(=O)OCC(C)(C)C)n4)ccc3n(C)c21.